The molecule has 1 unspecified atom stereocenters. The summed E-state index contributed by atoms with van der Waals surface area (Å²) >= 11 is 0. The normalized spacial score (nSPS) is 16.8. The van der Waals surface area contributed by atoms with Crippen molar-refractivity contribution in [2.75, 3.05) is 11.9 Å². The lowest BCUT2D eigenvalue weighted by Crippen LogP contribution is -2.06. The average molecular weight is 268 g/mol. The number of hydrogen-bond acceptors (Lipinski definition) is 4. The van der Waals surface area contributed by atoms with E-state index in [9.17, 15) is 13.5 Å². The molecule has 1 aromatic carbocycles. The van der Waals surface area contributed by atoms with Gasteiger partial charge in [0.25, 0.3) is 0 Å². The van der Waals surface area contributed by atoms with E-state index in [4.69, 9.17) is 0 Å². The molecule has 99 valence electrons. The van der Waals surface area contributed by atoms with Crippen LogP contribution in [-0.4, -0.2) is 20.1 Å². The third-order valence-electron chi connectivity index (χ3n) is 3.10. The minimum absolute atomic E-state index is 0.0554. The standard InChI is InChI=1S/C13H18NO3S/c1-9(15)13-6-12(14-7-10-2-3-10)5-4-11(13)8-18(16)17/h4-6,9-10,14-15,18H,1-3,7-8H2. The lowest BCUT2D eigenvalue weighted by atomic mass is 10.0. The topological polar surface area (TPSA) is 66.4 Å². The largest absolute Gasteiger partial charge is 0.388 e. The highest BCUT2D eigenvalue weighted by Crippen LogP contribution is 2.29. The molecule has 1 saturated carbocycles. The number of aliphatic hydroxyl groups excluding tert-OH is 1. The molecule has 0 heterocycles. The van der Waals surface area contributed by atoms with Crippen LogP contribution in [0.3, 0.4) is 0 Å². The van der Waals surface area contributed by atoms with E-state index in [1.807, 2.05) is 6.07 Å². The van der Waals surface area contributed by atoms with Crippen LogP contribution in [0.5, 0.6) is 0 Å². The van der Waals surface area contributed by atoms with Crippen LogP contribution in [0.1, 0.15) is 30.1 Å². The van der Waals surface area contributed by atoms with Crippen LogP contribution < -0.4 is 5.32 Å². The maximum atomic E-state index is 10.8. The fourth-order valence-electron chi connectivity index (χ4n) is 1.88. The minimum atomic E-state index is -2.49. The second-order valence-electron chi connectivity index (χ2n) is 4.74. The molecule has 0 amide bonds. The van der Waals surface area contributed by atoms with Crippen LogP contribution >= 0.6 is 0 Å². The molecule has 1 aromatic rings. The molecule has 5 heteroatoms. The summed E-state index contributed by atoms with van der Waals surface area (Å²) in [6.07, 6.45) is 1.64. The van der Waals surface area contributed by atoms with Gasteiger partial charge in [-0.25, -0.2) is 8.42 Å². The zero-order chi connectivity index (χ0) is 13.1. The Hall–Kier alpha value is -1.07. The summed E-state index contributed by atoms with van der Waals surface area (Å²) in [5.74, 6) is 0.703. The summed E-state index contributed by atoms with van der Waals surface area (Å²) in [7, 11) is -2.49. The Morgan fingerprint density at radius 3 is 2.72 bits per heavy atom. The monoisotopic (exact) mass is 268 g/mol. The summed E-state index contributed by atoms with van der Waals surface area (Å²) in [6, 6.07) is 5.38. The van der Waals surface area contributed by atoms with Gasteiger partial charge < -0.3 is 10.4 Å². The number of benzene rings is 1. The summed E-state index contributed by atoms with van der Waals surface area (Å²) in [6.45, 7) is 4.49. The molecule has 0 aliphatic heterocycles. The van der Waals surface area contributed by atoms with Crippen molar-refractivity contribution in [3.8, 4) is 0 Å². The summed E-state index contributed by atoms with van der Waals surface area (Å²) < 4.78 is 21.5. The first-order valence-corrected chi connectivity index (χ1v) is 7.42. The molecule has 0 spiro atoms. The molecule has 4 nitrogen and oxygen atoms in total. The van der Waals surface area contributed by atoms with Crippen molar-refractivity contribution in [2.45, 2.75) is 24.7 Å². The van der Waals surface area contributed by atoms with Crippen molar-refractivity contribution < 1.29 is 13.5 Å². The summed E-state index contributed by atoms with van der Waals surface area (Å²) in [5.41, 5.74) is 2.10. The Labute approximate surface area is 109 Å². The van der Waals surface area contributed by atoms with Gasteiger partial charge in [0.15, 0.2) is 0 Å². The van der Waals surface area contributed by atoms with Gasteiger partial charge in [0, 0.05) is 12.2 Å². The number of nitrogens with one attached hydrogen (secondary N) is 1. The summed E-state index contributed by atoms with van der Waals surface area (Å²) in [4.78, 5) is 0. The van der Waals surface area contributed by atoms with Gasteiger partial charge in [-0.3, -0.25) is 0 Å². The van der Waals surface area contributed by atoms with Gasteiger partial charge in [-0.15, -0.1) is 0 Å². The van der Waals surface area contributed by atoms with Crippen molar-refractivity contribution in [2.24, 2.45) is 5.92 Å². The Balaban J connectivity index is 2.15. The molecule has 1 aliphatic carbocycles. The Kier molecular flexibility index (Phi) is 4.24. The van der Waals surface area contributed by atoms with Crippen LogP contribution in [0.25, 0.3) is 0 Å². The van der Waals surface area contributed by atoms with E-state index in [2.05, 4.69) is 12.2 Å². The Morgan fingerprint density at radius 1 is 1.44 bits per heavy atom. The fraction of sp³-hybridized carbons (Fsp3) is 0.462. The van der Waals surface area contributed by atoms with E-state index in [1.54, 1.807) is 12.1 Å². The van der Waals surface area contributed by atoms with Crippen molar-refractivity contribution >= 4 is 16.4 Å². The van der Waals surface area contributed by atoms with Gasteiger partial charge >= 0.3 is 0 Å². The number of hydrogen-bond donors (Lipinski definition) is 3. The zero-order valence-corrected chi connectivity index (χ0v) is 11.0. The Bertz CT molecular complexity index is 485. The van der Waals surface area contributed by atoms with Gasteiger partial charge in [0.2, 0.25) is 0 Å². The molecule has 1 fully saturated rings. The molecular weight excluding hydrogens is 250 g/mol. The third-order valence-corrected chi connectivity index (χ3v) is 3.69. The van der Waals surface area contributed by atoms with E-state index in [0.29, 0.717) is 11.1 Å². The van der Waals surface area contributed by atoms with Gasteiger partial charge in [-0.05, 0) is 48.9 Å². The van der Waals surface area contributed by atoms with Gasteiger partial charge in [-0.2, -0.15) is 0 Å². The second kappa shape index (κ2) is 5.71. The van der Waals surface area contributed by atoms with Crippen LogP contribution in [0.15, 0.2) is 18.2 Å². The van der Waals surface area contributed by atoms with Gasteiger partial charge in [0.1, 0.15) is 10.7 Å². The number of anilines is 1. The molecule has 2 rings (SSSR count). The number of thiol groups is 1. The van der Waals surface area contributed by atoms with Crippen molar-refractivity contribution in [3.05, 3.63) is 36.2 Å². The summed E-state index contributed by atoms with van der Waals surface area (Å²) in [5, 5.41) is 12.9. The maximum absolute atomic E-state index is 10.8. The van der Waals surface area contributed by atoms with Crippen LogP contribution in [-0.2, 0) is 16.5 Å². The molecule has 0 bridgehead atoms. The minimum Gasteiger partial charge on any atom is -0.388 e. The van der Waals surface area contributed by atoms with E-state index >= 15 is 0 Å². The Morgan fingerprint density at radius 2 is 2.17 bits per heavy atom. The molecule has 1 radical (unpaired) electrons. The molecule has 0 saturated heterocycles. The third kappa shape index (κ3) is 3.71. The first-order chi connectivity index (χ1) is 8.56. The van der Waals surface area contributed by atoms with Crippen LogP contribution in [0, 0.1) is 12.8 Å². The van der Waals surface area contributed by atoms with E-state index in [1.165, 1.54) is 12.8 Å². The maximum Gasteiger partial charge on any atom is 0.144 e. The highest BCUT2D eigenvalue weighted by Gasteiger charge is 2.20. The van der Waals surface area contributed by atoms with E-state index < -0.39 is 16.8 Å². The first-order valence-electron chi connectivity index (χ1n) is 6.06. The van der Waals surface area contributed by atoms with Gasteiger partial charge in [0.05, 0.1) is 11.9 Å². The lowest BCUT2D eigenvalue weighted by molar-refractivity contribution is 0.225. The van der Waals surface area contributed by atoms with Gasteiger partial charge in [-0.1, -0.05) is 6.07 Å². The van der Waals surface area contributed by atoms with E-state index in [-0.39, 0.29) is 5.75 Å². The van der Waals surface area contributed by atoms with Crippen LogP contribution in [0.2, 0.25) is 0 Å². The number of rotatable bonds is 6. The molecule has 18 heavy (non-hydrogen) atoms. The van der Waals surface area contributed by atoms with Crippen molar-refractivity contribution in [1.82, 2.24) is 0 Å². The van der Waals surface area contributed by atoms with E-state index in [0.717, 1.165) is 18.2 Å². The predicted octanol–water partition coefficient (Wildman–Crippen LogP) is 1.49. The molecule has 2 N–H and O–H groups in total. The number of aliphatic hydroxyl groups is 1. The molecule has 1 aliphatic rings. The van der Waals surface area contributed by atoms with Crippen molar-refractivity contribution in [3.63, 3.8) is 0 Å². The molecule has 0 aromatic heterocycles. The quantitative estimate of drug-likeness (QED) is 0.684. The predicted molar refractivity (Wildman–Crippen MR) is 72.0 cm³/mol. The second-order valence-corrected chi connectivity index (χ2v) is 5.73. The highest BCUT2D eigenvalue weighted by atomic mass is 32.2. The van der Waals surface area contributed by atoms with Crippen LogP contribution in [0.4, 0.5) is 5.69 Å². The van der Waals surface area contributed by atoms with Crippen molar-refractivity contribution in [1.29, 1.82) is 0 Å². The highest BCUT2D eigenvalue weighted by molar-refractivity contribution is 7.71. The smallest absolute Gasteiger partial charge is 0.144 e. The fourth-order valence-corrected chi connectivity index (χ4v) is 2.45. The molecule has 1 atom stereocenters. The SMILES string of the molecule is [CH2]C(O)c1cc(NCC2CC2)ccc1C[SH](=O)=O. The lowest BCUT2D eigenvalue weighted by Gasteiger charge is -2.13. The first kappa shape index (κ1) is 13.4. The molecular formula is C13H18NO3S. The zero-order valence-electron chi connectivity index (χ0n) is 10.1. The average Bonchev–Trinajstić information content (AvgIpc) is 3.10.